The third-order valence-corrected chi connectivity index (χ3v) is 7.63. The minimum atomic E-state index is -0.876. The van der Waals surface area contributed by atoms with Gasteiger partial charge in [-0.15, -0.1) is 0 Å². The number of fused-ring (bicyclic) bond motifs is 9. The van der Waals surface area contributed by atoms with Crippen LogP contribution in [0.5, 0.6) is 0 Å². The van der Waals surface area contributed by atoms with Crippen LogP contribution in [0.25, 0.3) is 88.3 Å². The van der Waals surface area contributed by atoms with Crippen molar-refractivity contribution in [1.29, 1.82) is 0 Å². The second kappa shape index (κ2) is 9.15. The van der Waals surface area contributed by atoms with E-state index in [4.69, 9.17) is 22.2 Å². The highest BCUT2D eigenvalue weighted by molar-refractivity contribution is 6.13. The molecule has 0 amide bonds. The number of furan rings is 1. The molecular weight excluding hydrogens is 552 g/mol. The van der Waals surface area contributed by atoms with E-state index < -0.39 is 153 Å². The summed E-state index contributed by atoms with van der Waals surface area (Å²) in [5.74, 6) is -0.130. The molecule has 0 aliphatic carbocycles. The first-order valence-corrected chi connectivity index (χ1v) is 13.5. The first kappa shape index (κ1) is 12.4. The number of para-hydroxylation sites is 4. The lowest BCUT2D eigenvalue weighted by atomic mass is 10.0. The van der Waals surface area contributed by atoms with Gasteiger partial charge in [0.1, 0.15) is 17.4 Å². The Balaban J connectivity index is 1.44. The standard InChI is InChI=1S/C40H24N4O/c1-2-10-27(11-3-1)43-33-15-7-5-13-29(33)32-22-25(19-21-35(32)43)26-18-20-30-28-12-4-8-16-34(28)44(36(30)23-26)40-39-38(41-24-42-40)31-14-6-9-17-37(31)45-39/h1-24H/i1D,2D,3D,4D,5D,7D,8D,10D,11D,12D,13D,15D,16D,18D,19D,20D,21D,22D,23D. The maximum atomic E-state index is 9.86. The van der Waals surface area contributed by atoms with E-state index in [1.807, 2.05) is 0 Å². The fourth-order valence-corrected chi connectivity index (χ4v) is 5.74. The van der Waals surface area contributed by atoms with Crippen molar-refractivity contribution in [2.75, 3.05) is 0 Å². The van der Waals surface area contributed by atoms with Crippen LogP contribution in [0.1, 0.15) is 26.0 Å². The first-order valence-electron chi connectivity index (χ1n) is 23.0. The molecule has 210 valence electrons. The molecule has 0 saturated heterocycles. The van der Waals surface area contributed by atoms with Gasteiger partial charge in [-0.2, -0.15) is 0 Å². The predicted molar refractivity (Wildman–Crippen MR) is 183 cm³/mol. The summed E-state index contributed by atoms with van der Waals surface area (Å²) in [6.45, 7) is 0. The Morgan fingerprint density at radius 3 is 2.07 bits per heavy atom. The third kappa shape index (κ3) is 3.43. The predicted octanol–water partition coefficient (Wildman–Crippen LogP) is 10.2. The van der Waals surface area contributed by atoms with Gasteiger partial charge >= 0.3 is 0 Å². The Morgan fingerprint density at radius 1 is 0.533 bits per heavy atom. The molecule has 0 atom stereocenters. The van der Waals surface area contributed by atoms with Gasteiger partial charge in [-0.05, 0) is 65.6 Å². The molecule has 0 bridgehead atoms. The largest absolute Gasteiger partial charge is 0.450 e. The summed E-state index contributed by atoms with van der Waals surface area (Å²) < 4.78 is 178. The second-order valence-electron chi connectivity index (χ2n) is 10.0. The molecule has 5 heteroatoms. The van der Waals surface area contributed by atoms with Gasteiger partial charge in [-0.3, -0.25) is 4.57 Å². The fourth-order valence-electron chi connectivity index (χ4n) is 5.74. The molecular formula is C40H24N4O. The van der Waals surface area contributed by atoms with Crippen molar-refractivity contribution in [1.82, 2.24) is 19.1 Å². The normalized spacial score (nSPS) is 17.9. The van der Waals surface area contributed by atoms with Crippen LogP contribution in [0.2, 0.25) is 0 Å². The fraction of sp³-hybridized carbons (Fsp3) is 0. The Kier molecular flexibility index (Phi) is 2.53. The molecule has 0 radical (unpaired) electrons. The van der Waals surface area contributed by atoms with Gasteiger partial charge in [-0.1, -0.05) is 84.6 Å². The van der Waals surface area contributed by atoms with Crippen LogP contribution in [0.3, 0.4) is 0 Å². The van der Waals surface area contributed by atoms with E-state index >= 15 is 0 Å². The maximum Gasteiger partial charge on any atom is 0.197 e. The van der Waals surface area contributed by atoms with Crippen molar-refractivity contribution in [2.45, 2.75) is 0 Å². The minimum Gasteiger partial charge on any atom is -0.450 e. The summed E-state index contributed by atoms with van der Waals surface area (Å²) in [5, 5.41) is -0.895. The van der Waals surface area contributed by atoms with Crippen molar-refractivity contribution in [3.63, 3.8) is 0 Å². The molecule has 0 unspecified atom stereocenters. The van der Waals surface area contributed by atoms with Crippen molar-refractivity contribution in [3.05, 3.63) is 145 Å². The molecule has 4 heterocycles. The lowest BCUT2D eigenvalue weighted by molar-refractivity contribution is 0.662. The average Bonchev–Trinajstić information content (AvgIpc) is 3.96. The molecule has 0 aliphatic rings. The highest BCUT2D eigenvalue weighted by Crippen LogP contribution is 2.39. The molecule has 0 spiro atoms. The number of nitrogens with zero attached hydrogens (tertiary/aromatic N) is 4. The highest BCUT2D eigenvalue weighted by Gasteiger charge is 2.20. The number of rotatable bonds is 3. The van der Waals surface area contributed by atoms with E-state index in [9.17, 15) is 8.22 Å². The Bertz CT molecular complexity index is 3830. The quantitative estimate of drug-likeness (QED) is 0.204. The van der Waals surface area contributed by atoms with E-state index in [1.165, 1.54) is 10.9 Å². The van der Waals surface area contributed by atoms with Crippen LogP contribution in [0.4, 0.5) is 0 Å². The lowest BCUT2D eigenvalue weighted by Gasteiger charge is -2.09. The minimum absolute atomic E-state index is 0.0177. The van der Waals surface area contributed by atoms with Crippen LogP contribution in [0, 0.1) is 0 Å². The SMILES string of the molecule is [2H]c1c([2H])c([2H])c(-n2c3c([2H])c([2H])c([2H])c([2H])c3c3c([2H])c(-c4c([2H])c([2H])c5c6c([2H])c([2H])c([2H])c([2H])c6n(-c6ncnc7c6oc6ccccc67)c5c4[2H])c([2H])c([2H])c32)c([2H])c1[2H]. The van der Waals surface area contributed by atoms with Crippen molar-refractivity contribution in [3.8, 4) is 22.6 Å². The first-order chi connectivity index (χ1) is 30.3. The van der Waals surface area contributed by atoms with Crippen molar-refractivity contribution >= 4 is 65.7 Å². The molecule has 5 nitrogen and oxygen atoms in total. The monoisotopic (exact) mass is 595 g/mol. The van der Waals surface area contributed by atoms with E-state index in [0.717, 1.165) is 4.57 Å². The molecule has 10 aromatic rings. The molecule has 6 aromatic carbocycles. The third-order valence-electron chi connectivity index (χ3n) is 7.63. The lowest BCUT2D eigenvalue weighted by Crippen LogP contribution is -1.98. The summed E-state index contributed by atoms with van der Waals surface area (Å²) >= 11 is 0. The Morgan fingerprint density at radius 2 is 1.20 bits per heavy atom. The zero-order valence-corrected chi connectivity index (χ0v) is 22.6. The molecule has 0 fully saturated rings. The van der Waals surface area contributed by atoms with Gasteiger partial charge in [-0.25, -0.2) is 9.97 Å². The average molecular weight is 596 g/mol. The molecule has 0 aliphatic heterocycles. The maximum absolute atomic E-state index is 9.86. The zero-order valence-electron chi connectivity index (χ0n) is 41.6. The summed E-state index contributed by atoms with van der Waals surface area (Å²) in [6, 6.07) is -7.61. The summed E-state index contributed by atoms with van der Waals surface area (Å²) in [5.41, 5.74) is -2.80. The smallest absolute Gasteiger partial charge is 0.197 e. The summed E-state index contributed by atoms with van der Waals surface area (Å²) in [6.07, 6.45) is 1.17. The molecule has 45 heavy (non-hydrogen) atoms. The summed E-state index contributed by atoms with van der Waals surface area (Å²) in [4.78, 5) is 8.84. The Labute approximate surface area is 283 Å². The van der Waals surface area contributed by atoms with E-state index in [0.29, 0.717) is 11.0 Å². The number of hydrogen-bond donors (Lipinski definition) is 0. The van der Waals surface area contributed by atoms with Gasteiger partial charge in [0.25, 0.3) is 0 Å². The molecule has 0 saturated carbocycles. The molecule has 4 aromatic heterocycles. The second-order valence-corrected chi connectivity index (χ2v) is 10.0. The van der Waals surface area contributed by atoms with Gasteiger partial charge in [0.05, 0.1) is 48.1 Å². The van der Waals surface area contributed by atoms with E-state index in [1.54, 1.807) is 24.3 Å². The van der Waals surface area contributed by atoms with Crippen LogP contribution in [0.15, 0.2) is 150 Å². The zero-order chi connectivity index (χ0) is 46.0. The van der Waals surface area contributed by atoms with Gasteiger partial charge in [0.15, 0.2) is 11.4 Å². The van der Waals surface area contributed by atoms with Crippen molar-refractivity contribution < 1.29 is 30.5 Å². The van der Waals surface area contributed by atoms with Crippen LogP contribution in [-0.4, -0.2) is 19.1 Å². The molecule has 10 rings (SSSR count). The van der Waals surface area contributed by atoms with Crippen LogP contribution in [-0.2, 0) is 0 Å². The van der Waals surface area contributed by atoms with Crippen LogP contribution < -0.4 is 0 Å². The summed E-state index contributed by atoms with van der Waals surface area (Å²) in [7, 11) is 0. The highest BCUT2D eigenvalue weighted by atomic mass is 16.3. The van der Waals surface area contributed by atoms with Crippen LogP contribution >= 0.6 is 0 Å². The van der Waals surface area contributed by atoms with E-state index in [2.05, 4.69) is 9.97 Å². The number of benzene rings is 6. The van der Waals surface area contributed by atoms with E-state index in [-0.39, 0.29) is 38.7 Å². The Hall–Kier alpha value is -6.20. The van der Waals surface area contributed by atoms with Gasteiger partial charge < -0.3 is 8.98 Å². The number of aromatic nitrogens is 4. The molecule has 0 N–H and O–H groups in total. The number of hydrogen-bond acceptors (Lipinski definition) is 3. The van der Waals surface area contributed by atoms with Gasteiger partial charge in [0.2, 0.25) is 0 Å². The topological polar surface area (TPSA) is 48.8 Å². The van der Waals surface area contributed by atoms with Gasteiger partial charge in [0, 0.05) is 32.6 Å². The van der Waals surface area contributed by atoms with Crippen molar-refractivity contribution in [2.24, 2.45) is 0 Å².